The van der Waals surface area contributed by atoms with Crippen molar-refractivity contribution in [2.24, 2.45) is 0 Å². The number of nitrogens with one attached hydrogen (secondary N) is 1. The van der Waals surface area contributed by atoms with Crippen LogP contribution in [0.25, 0.3) is 0 Å². The summed E-state index contributed by atoms with van der Waals surface area (Å²) in [5.74, 6) is 0. The molecule has 5 nitrogen and oxygen atoms in total. The lowest BCUT2D eigenvalue weighted by Gasteiger charge is -2.21. The smallest absolute Gasteiger partial charge is 0.242 e. The van der Waals surface area contributed by atoms with Gasteiger partial charge in [0.25, 0.3) is 0 Å². The van der Waals surface area contributed by atoms with Crippen LogP contribution in [0.4, 0.5) is 0 Å². The molecule has 6 heteroatoms. The van der Waals surface area contributed by atoms with E-state index in [1.54, 1.807) is 25.2 Å². The van der Waals surface area contributed by atoms with Crippen molar-refractivity contribution in [1.29, 1.82) is 0 Å². The van der Waals surface area contributed by atoms with E-state index >= 15 is 0 Å². The first-order valence-corrected chi connectivity index (χ1v) is 8.74. The third-order valence-electron chi connectivity index (χ3n) is 3.98. The predicted octanol–water partition coefficient (Wildman–Crippen LogP) is 1.77. The molecular formula is C15H24N2O3S. The molecule has 0 amide bonds. The van der Waals surface area contributed by atoms with Crippen LogP contribution in [-0.2, 0) is 14.8 Å². The number of ether oxygens (including phenoxy) is 1. The molecule has 0 aromatic heterocycles. The Morgan fingerprint density at radius 3 is 2.86 bits per heavy atom. The molecule has 1 aromatic rings. The van der Waals surface area contributed by atoms with Crippen LogP contribution < -0.4 is 5.32 Å². The van der Waals surface area contributed by atoms with E-state index < -0.39 is 10.0 Å². The number of sulfonamides is 1. The van der Waals surface area contributed by atoms with Gasteiger partial charge in [0.15, 0.2) is 0 Å². The minimum atomic E-state index is -3.47. The van der Waals surface area contributed by atoms with E-state index in [1.165, 1.54) is 4.31 Å². The van der Waals surface area contributed by atoms with Crippen molar-refractivity contribution in [3.05, 3.63) is 29.8 Å². The van der Waals surface area contributed by atoms with Crippen LogP contribution in [0, 0.1) is 0 Å². The van der Waals surface area contributed by atoms with Gasteiger partial charge < -0.3 is 10.1 Å². The Morgan fingerprint density at radius 2 is 2.24 bits per heavy atom. The Labute approximate surface area is 127 Å². The second-order valence-corrected chi connectivity index (χ2v) is 7.55. The van der Waals surface area contributed by atoms with E-state index in [2.05, 4.69) is 5.32 Å². The van der Waals surface area contributed by atoms with Crippen LogP contribution in [0.1, 0.15) is 31.4 Å². The average Bonchev–Trinajstić information content (AvgIpc) is 2.99. The van der Waals surface area contributed by atoms with Gasteiger partial charge in [-0.3, -0.25) is 0 Å². The maximum absolute atomic E-state index is 12.6. The van der Waals surface area contributed by atoms with Crippen LogP contribution in [0.3, 0.4) is 0 Å². The minimum Gasteiger partial charge on any atom is -0.377 e. The fraction of sp³-hybridized carbons (Fsp3) is 0.600. The third kappa shape index (κ3) is 3.83. The highest BCUT2D eigenvalue weighted by molar-refractivity contribution is 7.89. The van der Waals surface area contributed by atoms with Crippen molar-refractivity contribution in [3.63, 3.8) is 0 Å². The molecule has 1 aliphatic rings. The zero-order valence-electron chi connectivity index (χ0n) is 12.9. The highest BCUT2D eigenvalue weighted by atomic mass is 32.2. The maximum Gasteiger partial charge on any atom is 0.242 e. The Balaban J connectivity index is 2.17. The summed E-state index contributed by atoms with van der Waals surface area (Å²) in [4.78, 5) is 0.336. The first kappa shape index (κ1) is 16.4. The first-order valence-electron chi connectivity index (χ1n) is 7.30. The first-order chi connectivity index (χ1) is 9.95. The predicted molar refractivity (Wildman–Crippen MR) is 82.7 cm³/mol. The monoisotopic (exact) mass is 312 g/mol. The van der Waals surface area contributed by atoms with Crippen LogP contribution in [0.15, 0.2) is 29.2 Å². The van der Waals surface area contributed by atoms with Gasteiger partial charge in [0.1, 0.15) is 0 Å². The molecule has 2 rings (SSSR count). The molecule has 21 heavy (non-hydrogen) atoms. The molecule has 0 bridgehead atoms. The Kier molecular flexibility index (Phi) is 5.37. The summed E-state index contributed by atoms with van der Waals surface area (Å²) in [7, 11) is 0.00766. The highest BCUT2D eigenvalue weighted by Gasteiger charge is 2.26. The van der Waals surface area contributed by atoms with Crippen molar-refractivity contribution in [3.8, 4) is 0 Å². The van der Waals surface area contributed by atoms with Gasteiger partial charge in [-0.2, -0.15) is 4.31 Å². The second kappa shape index (κ2) is 6.87. The van der Waals surface area contributed by atoms with Crippen molar-refractivity contribution in [2.75, 3.05) is 27.2 Å². The van der Waals surface area contributed by atoms with Gasteiger partial charge in [0.2, 0.25) is 10.0 Å². The second-order valence-electron chi connectivity index (χ2n) is 5.50. The molecule has 1 aliphatic heterocycles. The summed E-state index contributed by atoms with van der Waals surface area (Å²) in [6.07, 6.45) is 1.95. The molecule has 0 saturated carbocycles. The van der Waals surface area contributed by atoms with Crippen LogP contribution in [0.5, 0.6) is 0 Å². The average molecular weight is 312 g/mol. The van der Waals surface area contributed by atoms with Gasteiger partial charge in [-0.05, 0) is 44.5 Å². The van der Waals surface area contributed by atoms with E-state index in [-0.39, 0.29) is 12.1 Å². The summed E-state index contributed by atoms with van der Waals surface area (Å²) >= 11 is 0. The zero-order chi connectivity index (χ0) is 15.5. The van der Waals surface area contributed by atoms with Crippen molar-refractivity contribution >= 4 is 10.0 Å². The van der Waals surface area contributed by atoms with E-state index in [0.717, 1.165) is 25.0 Å². The number of nitrogens with zero attached hydrogens (tertiary/aromatic N) is 1. The number of rotatable bonds is 6. The molecule has 1 fully saturated rings. The molecular weight excluding hydrogens is 288 g/mol. The fourth-order valence-corrected chi connectivity index (χ4v) is 3.72. The number of likely N-dealkylation sites (N-methyl/N-ethyl adjacent to an activating group) is 1. The molecule has 0 spiro atoms. The van der Waals surface area contributed by atoms with Gasteiger partial charge in [0, 0.05) is 26.2 Å². The molecule has 1 heterocycles. The van der Waals surface area contributed by atoms with E-state index in [0.29, 0.717) is 11.4 Å². The van der Waals surface area contributed by atoms with Crippen molar-refractivity contribution in [2.45, 2.75) is 36.8 Å². The molecule has 0 aliphatic carbocycles. The van der Waals surface area contributed by atoms with Gasteiger partial charge in [-0.15, -0.1) is 0 Å². The maximum atomic E-state index is 12.6. The summed E-state index contributed by atoms with van der Waals surface area (Å²) < 4.78 is 32.2. The normalized spacial score (nSPS) is 20.9. The molecule has 0 radical (unpaired) electrons. The molecule has 1 N–H and O–H groups in total. The van der Waals surface area contributed by atoms with Crippen LogP contribution in [-0.4, -0.2) is 46.1 Å². The molecule has 118 valence electrons. The fourth-order valence-electron chi connectivity index (χ4n) is 2.46. The van der Waals surface area contributed by atoms with E-state index in [4.69, 9.17) is 4.74 Å². The lowest BCUT2D eigenvalue weighted by atomic mass is 10.1. The lowest BCUT2D eigenvalue weighted by Crippen LogP contribution is -2.34. The van der Waals surface area contributed by atoms with E-state index in [9.17, 15) is 8.42 Å². The van der Waals surface area contributed by atoms with Crippen LogP contribution >= 0.6 is 0 Å². The van der Waals surface area contributed by atoms with Gasteiger partial charge in [-0.1, -0.05) is 12.1 Å². The SMILES string of the molecule is CNC(C)c1cccc(S(=O)(=O)N(C)CC2CCCO2)c1. The molecule has 2 unspecified atom stereocenters. The topological polar surface area (TPSA) is 58.6 Å². The molecule has 1 saturated heterocycles. The Bertz CT molecular complexity index is 568. The minimum absolute atomic E-state index is 0.0178. The Morgan fingerprint density at radius 1 is 1.48 bits per heavy atom. The largest absolute Gasteiger partial charge is 0.377 e. The van der Waals surface area contributed by atoms with Gasteiger partial charge in [-0.25, -0.2) is 8.42 Å². The molecule has 2 atom stereocenters. The van der Waals surface area contributed by atoms with Crippen LogP contribution in [0.2, 0.25) is 0 Å². The summed E-state index contributed by atoms with van der Waals surface area (Å²) in [5, 5.41) is 3.12. The number of hydrogen-bond acceptors (Lipinski definition) is 4. The van der Waals surface area contributed by atoms with E-state index in [1.807, 2.05) is 20.0 Å². The van der Waals surface area contributed by atoms with Crippen molar-refractivity contribution < 1.29 is 13.2 Å². The lowest BCUT2D eigenvalue weighted by molar-refractivity contribution is 0.0979. The highest BCUT2D eigenvalue weighted by Crippen LogP contribution is 2.21. The Hall–Kier alpha value is -0.950. The standard InChI is InChI=1S/C15H24N2O3S/c1-12(16-2)13-6-4-8-15(10-13)21(18,19)17(3)11-14-7-5-9-20-14/h4,6,8,10,12,14,16H,5,7,9,11H2,1-3H3. The number of benzene rings is 1. The zero-order valence-corrected chi connectivity index (χ0v) is 13.7. The summed E-state index contributed by atoms with van der Waals surface area (Å²) in [6.45, 7) is 3.14. The van der Waals surface area contributed by atoms with Gasteiger partial charge >= 0.3 is 0 Å². The third-order valence-corrected chi connectivity index (χ3v) is 5.80. The quantitative estimate of drug-likeness (QED) is 0.870. The number of hydrogen-bond donors (Lipinski definition) is 1. The summed E-state index contributed by atoms with van der Waals surface area (Å²) in [5.41, 5.74) is 0.962. The summed E-state index contributed by atoms with van der Waals surface area (Å²) in [6, 6.07) is 7.22. The van der Waals surface area contributed by atoms with Crippen molar-refractivity contribution in [1.82, 2.24) is 9.62 Å². The van der Waals surface area contributed by atoms with Gasteiger partial charge in [0.05, 0.1) is 11.0 Å². The molecule has 1 aromatic carbocycles.